The Labute approximate surface area is 179 Å². The second-order valence-electron chi connectivity index (χ2n) is 7.15. The number of fused-ring (bicyclic) bond motifs is 1. The zero-order valence-electron chi connectivity index (χ0n) is 17.2. The number of benzene rings is 2. The summed E-state index contributed by atoms with van der Waals surface area (Å²) >= 11 is 0. The zero-order chi connectivity index (χ0) is 21.2. The molecule has 0 saturated carbocycles. The number of nitrogens with one attached hydrogen (secondary N) is 1. The molecule has 1 fully saturated rings. The average molecular weight is 424 g/mol. The summed E-state index contributed by atoms with van der Waals surface area (Å²) in [6, 6.07) is 13.4. The van der Waals surface area contributed by atoms with Gasteiger partial charge in [0.15, 0.2) is 11.5 Å². The SMILES string of the molecule is COc1ccc(N2C(N3CCOCC3)=NC(N)=NC2Nc2ccc3c(c2)OCO3)cc1. The molecule has 3 aliphatic heterocycles. The maximum absolute atomic E-state index is 6.13. The van der Waals surface area contributed by atoms with Crippen molar-refractivity contribution in [3.8, 4) is 17.2 Å². The fraction of sp³-hybridized carbons (Fsp3) is 0.333. The van der Waals surface area contributed by atoms with E-state index in [1.165, 1.54) is 0 Å². The van der Waals surface area contributed by atoms with E-state index in [0.717, 1.165) is 41.9 Å². The van der Waals surface area contributed by atoms with Crippen molar-refractivity contribution in [2.45, 2.75) is 6.29 Å². The Morgan fingerprint density at radius 2 is 1.84 bits per heavy atom. The van der Waals surface area contributed by atoms with Gasteiger partial charge in [-0.3, -0.25) is 4.90 Å². The van der Waals surface area contributed by atoms with Crippen LogP contribution in [0.3, 0.4) is 0 Å². The molecule has 3 aliphatic rings. The van der Waals surface area contributed by atoms with Gasteiger partial charge in [-0.1, -0.05) is 0 Å². The van der Waals surface area contributed by atoms with Crippen LogP contribution in [0.15, 0.2) is 52.4 Å². The van der Waals surface area contributed by atoms with Gasteiger partial charge in [0, 0.05) is 30.5 Å². The van der Waals surface area contributed by atoms with E-state index in [1.54, 1.807) is 7.11 Å². The molecule has 0 bridgehead atoms. The summed E-state index contributed by atoms with van der Waals surface area (Å²) in [6.45, 7) is 2.92. The highest BCUT2D eigenvalue weighted by Crippen LogP contribution is 2.35. The number of methoxy groups -OCH3 is 1. The van der Waals surface area contributed by atoms with E-state index in [4.69, 9.17) is 24.7 Å². The topological polar surface area (TPSA) is 106 Å². The molecule has 31 heavy (non-hydrogen) atoms. The van der Waals surface area contributed by atoms with Gasteiger partial charge in [0.1, 0.15) is 5.75 Å². The maximum Gasteiger partial charge on any atom is 0.231 e. The minimum atomic E-state index is -0.510. The molecule has 0 aliphatic carbocycles. The number of hydrogen-bond donors (Lipinski definition) is 2. The highest BCUT2D eigenvalue weighted by Gasteiger charge is 2.32. The van der Waals surface area contributed by atoms with Crippen molar-refractivity contribution in [3.05, 3.63) is 42.5 Å². The van der Waals surface area contributed by atoms with Crippen molar-refractivity contribution in [1.29, 1.82) is 0 Å². The van der Waals surface area contributed by atoms with Gasteiger partial charge in [0.05, 0.1) is 20.3 Å². The second kappa shape index (κ2) is 8.23. The zero-order valence-corrected chi connectivity index (χ0v) is 17.2. The molecule has 1 unspecified atom stereocenters. The van der Waals surface area contributed by atoms with Crippen LogP contribution >= 0.6 is 0 Å². The molecule has 10 heteroatoms. The minimum Gasteiger partial charge on any atom is -0.497 e. The minimum absolute atomic E-state index is 0.212. The van der Waals surface area contributed by atoms with Crippen LogP contribution in [0, 0.1) is 0 Å². The Morgan fingerprint density at radius 1 is 1.06 bits per heavy atom. The number of nitrogens with zero attached hydrogens (tertiary/aromatic N) is 4. The highest BCUT2D eigenvalue weighted by atomic mass is 16.7. The molecule has 3 N–H and O–H groups in total. The van der Waals surface area contributed by atoms with Gasteiger partial charge < -0.3 is 34.9 Å². The first kappa shape index (κ1) is 19.3. The van der Waals surface area contributed by atoms with Gasteiger partial charge in [0.25, 0.3) is 0 Å². The van der Waals surface area contributed by atoms with Gasteiger partial charge >= 0.3 is 0 Å². The Hall–Kier alpha value is -3.66. The number of hydrogen-bond acceptors (Lipinski definition) is 10. The molecular formula is C21H24N6O4. The molecule has 0 radical (unpaired) electrons. The molecule has 0 spiro atoms. The summed E-state index contributed by atoms with van der Waals surface area (Å²) in [7, 11) is 1.64. The molecule has 1 saturated heterocycles. The van der Waals surface area contributed by atoms with Crippen LogP contribution in [0.4, 0.5) is 11.4 Å². The Kier molecular flexibility index (Phi) is 5.13. The summed E-state index contributed by atoms with van der Waals surface area (Å²) in [5, 5.41) is 3.44. The Bertz CT molecular complexity index is 1000. The number of guanidine groups is 2. The largest absolute Gasteiger partial charge is 0.497 e. The first-order valence-electron chi connectivity index (χ1n) is 10.1. The van der Waals surface area contributed by atoms with Crippen molar-refractivity contribution >= 4 is 23.3 Å². The lowest BCUT2D eigenvalue weighted by Crippen LogP contribution is -2.57. The normalized spacial score (nSPS) is 20.2. The fourth-order valence-corrected chi connectivity index (χ4v) is 3.70. The van der Waals surface area contributed by atoms with Crippen LogP contribution in [0.1, 0.15) is 0 Å². The van der Waals surface area contributed by atoms with E-state index in [0.29, 0.717) is 19.0 Å². The van der Waals surface area contributed by atoms with Gasteiger partial charge in [-0.25, -0.2) is 4.99 Å². The van der Waals surface area contributed by atoms with Gasteiger partial charge in [-0.15, -0.1) is 0 Å². The van der Waals surface area contributed by atoms with Gasteiger partial charge in [0.2, 0.25) is 25.0 Å². The Balaban J connectivity index is 1.50. The molecule has 3 heterocycles. The summed E-state index contributed by atoms with van der Waals surface area (Å²) in [6.07, 6.45) is -0.510. The van der Waals surface area contributed by atoms with E-state index < -0.39 is 6.29 Å². The maximum atomic E-state index is 6.13. The first-order chi connectivity index (χ1) is 15.2. The number of anilines is 2. The van der Waals surface area contributed by atoms with Gasteiger partial charge in [-0.05, 0) is 36.4 Å². The fourth-order valence-electron chi connectivity index (χ4n) is 3.70. The number of aliphatic imine (C=N–C) groups is 2. The lowest BCUT2D eigenvalue weighted by molar-refractivity contribution is 0.0671. The van der Waals surface area contributed by atoms with Crippen LogP contribution in [-0.2, 0) is 4.74 Å². The second-order valence-corrected chi connectivity index (χ2v) is 7.15. The molecule has 1 atom stereocenters. The van der Waals surface area contributed by atoms with E-state index in [2.05, 4.69) is 20.2 Å². The highest BCUT2D eigenvalue weighted by molar-refractivity contribution is 6.06. The third kappa shape index (κ3) is 3.89. The molecule has 2 aromatic rings. The lowest BCUT2D eigenvalue weighted by atomic mass is 10.2. The molecule has 5 rings (SSSR count). The third-order valence-electron chi connectivity index (χ3n) is 5.24. The van der Waals surface area contributed by atoms with Crippen molar-refractivity contribution in [2.75, 3.05) is 50.4 Å². The van der Waals surface area contributed by atoms with Crippen LogP contribution in [0.2, 0.25) is 0 Å². The summed E-state index contributed by atoms with van der Waals surface area (Å²) in [4.78, 5) is 13.3. The number of ether oxygens (including phenoxy) is 4. The predicted octanol–water partition coefficient (Wildman–Crippen LogP) is 1.64. The van der Waals surface area contributed by atoms with E-state index in [-0.39, 0.29) is 12.8 Å². The molecular weight excluding hydrogens is 400 g/mol. The molecule has 2 aromatic carbocycles. The van der Waals surface area contributed by atoms with Crippen LogP contribution in [0.25, 0.3) is 0 Å². The molecule has 0 aromatic heterocycles. The van der Waals surface area contributed by atoms with Crippen molar-refractivity contribution in [1.82, 2.24) is 4.90 Å². The summed E-state index contributed by atoms with van der Waals surface area (Å²) in [5.74, 6) is 3.12. The van der Waals surface area contributed by atoms with Crippen molar-refractivity contribution in [2.24, 2.45) is 15.7 Å². The standard InChI is InChI=1S/C21H24N6O4/c1-28-16-5-3-15(4-6-16)27-20(23-14-2-7-17-18(12-14)31-13-30-17)24-19(22)25-21(27)26-8-10-29-11-9-26/h2-7,12,20,23H,8-11,13H2,1H3,(H2,22,24). The molecule has 10 nitrogen and oxygen atoms in total. The third-order valence-corrected chi connectivity index (χ3v) is 5.24. The molecule has 162 valence electrons. The van der Waals surface area contributed by atoms with Crippen LogP contribution < -0.4 is 30.2 Å². The van der Waals surface area contributed by atoms with Gasteiger partial charge in [-0.2, -0.15) is 4.99 Å². The van der Waals surface area contributed by atoms with Crippen LogP contribution in [0.5, 0.6) is 17.2 Å². The number of morpholine rings is 1. The Morgan fingerprint density at radius 3 is 2.61 bits per heavy atom. The first-order valence-corrected chi connectivity index (χ1v) is 10.1. The number of rotatable bonds is 4. The van der Waals surface area contributed by atoms with Crippen molar-refractivity contribution in [3.63, 3.8) is 0 Å². The monoisotopic (exact) mass is 424 g/mol. The van der Waals surface area contributed by atoms with Crippen molar-refractivity contribution < 1.29 is 18.9 Å². The number of nitrogens with two attached hydrogens (primary N) is 1. The van der Waals surface area contributed by atoms with Crippen LogP contribution in [-0.4, -0.2) is 63.3 Å². The smallest absolute Gasteiger partial charge is 0.231 e. The predicted molar refractivity (Wildman–Crippen MR) is 117 cm³/mol. The van der Waals surface area contributed by atoms with E-state index >= 15 is 0 Å². The van der Waals surface area contributed by atoms with E-state index in [1.807, 2.05) is 47.4 Å². The summed E-state index contributed by atoms with van der Waals surface area (Å²) in [5.41, 5.74) is 7.85. The molecule has 0 amide bonds. The quantitative estimate of drug-likeness (QED) is 0.763. The lowest BCUT2D eigenvalue weighted by Gasteiger charge is -2.41. The summed E-state index contributed by atoms with van der Waals surface area (Å²) < 4.78 is 21.8. The average Bonchev–Trinajstić information content (AvgIpc) is 3.27. The van der Waals surface area contributed by atoms with E-state index in [9.17, 15) is 0 Å².